The third kappa shape index (κ3) is 2.23. The summed E-state index contributed by atoms with van der Waals surface area (Å²) in [5.41, 5.74) is 1.61. The van der Waals surface area contributed by atoms with Crippen molar-refractivity contribution >= 4 is 21.7 Å². The summed E-state index contributed by atoms with van der Waals surface area (Å²) in [6.07, 6.45) is 3.64. The van der Waals surface area contributed by atoms with Crippen molar-refractivity contribution in [3.8, 4) is 5.75 Å². The molecule has 4 nitrogen and oxygen atoms in total. The summed E-state index contributed by atoms with van der Waals surface area (Å²) in [5.74, 6) is 0.785. The number of ether oxygens (including phenoxy) is 1. The molecule has 3 rings (SSSR count). The van der Waals surface area contributed by atoms with Crippen LogP contribution in [0.1, 0.15) is 18.1 Å². The van der Waals surface area contributed by atoms with E-state index in [1.54, 1.807) is 19.4 Å². The third-order valence-corrected chi connectivity index (χ3v) is 5.20. The molecule has 0 fully saturated rings. The summed E-state index contributed by atoms with van der Waals surface area (Å²) >= 11 is 0. The van der Waals surface area contributed by atoms with Crippen LogP contribution >= 0.6 is 0 Å². The van der Waals surface area contributed by atoms with Gasteiger partial charge in [-0.05, 0) is 41.4 Å². The molecule has 1 aliphatic heterocycles. The van der Waals surface area contributed by atoms with Crippen LogP contribution in [0.25, 0.3) is 11.0 Å². The van der Waals surface area contributed by atoms with Crippen LogP contribution in [0.5, 0.6) is 5.75 Å². The van der Waals surface area contributed by atoms with Gasteiger partial charge in [0.1, 0.15) is 10.8 Å². The Morgan fingerprint density at radius 2 is 1.95 bits per heavy atom. The molecule has 0 amide bonds. The number of nitrogens with one attached hydrogen (secondary N) is 1. The number of fused-ring (bicyclic) bond motifs is 1. The zero-order valence-electron chi connectivity index (χ0n) is 11.9. The van der Waals surface area contributed by atoms with E-state index >= 15 is 0 Å². The molecule has 0 aliphatic carbocycles. The van der Waals surface area contributed by atoms with Gasteiger partial charge in [-0.15, -0.1) is 0 Å². The second-order valence-electron chi connectivity index (χ2n) is 4.73. The predicted octanol–water partition coefficient (Wildman–Crippen LogP) is 3.13. The molecular formula is C16H16N2O2S. The van der Waals surface area contributed by atoms with Crippen LogP contribution in [0, 0.1) is 4.78 Å². The molecule has 5 heteroatoms. The minimum atomic E-state index is -0.834. The predicted molar refractivity (Wildman–Crippen MR) is 85.6 cm³/mol. The second kappa shape index (κ2) is 5.33. The number of aromatic nitrogens is 1. The van der Waals surface area contributed by atoms with Gasteiger partial charge in [-0.3, -0.25) is 9.57 Å². The van der Waals surface area contributed by atoms with E-state index in [0.29, 0.717) is 5.56 Å². The molecule has 1 aliphatic rings. The van der Waals surface area contributed by atoms with E-state index in [-0.39, 0.29) is 5.43 Å². The van der Waals surface area contributed by atoms with Crippen molar-refractivity contribution < 1.29 is 4.74 Å². The van der Waals surface area contributed by atoms with Crippen LogP contribution in [0.2, 0.25) is 0 Å². The van der Waals surface area contributed by atoms with Crippen molar-refractivity contribution in [1.82, 2.24) is 4.57 Å². The van der Waals surface area contributed by atoms with Crippen LogP contribution < -0.4 is 10.2 Å². The van der Waals surface area contributed by atoms with E-state index in [1.165, 1.54) is 0 Å². The van der Waals surface area contributed by atoms with E-state index < -0.39 is 10.7 Å². The first-order valence-electron chi connectivity index (χ1n) is 6.70. The number of aryl methyl sites for hydroxylation is 1. The van der Waals surface area contributed by atoms with E-state index in [2.05, 4.69) is 0 Å². The van der Waals surface area contributed by atoms with Crippen LogP contribution in [-0.4, -0.2) is 11.7 Å². The summed E-state index contributed by atoms with van der Waals surface area (Å²) in [7, 11) is 0.794. The summed E-state index contributed by atoms with van der Waals surface area (Å²) in [6, 6.07) is 9.20. The highest BCUT2D eigenvalue weighted by atomic mass is 32.2. The summed E-state index contributed by atoms with van der Waals surface area (Å²) < 4.78 is 15.7. The fourth-order valence-electron chi connectivity index (χ4n) is 2.43. The van der Waals surface area contributed by atoms with Gasteiger partial charge in [0.05, 0.1) is 12.7 Å². The molecule has 108 valence electrons. The molecule has 0 saturated carbocycles. The van der Waals surface area contributed by atoms with Crippen molar-refractivity contribution in [2.45, 2.75) is 18.5 Å². The molecule has 0 bridgehead atoms. The van der Waals surface area contributed by atoms with E-state index in [4.69, 9.17) is 9.52 Å². The van der Waals surface area contributed by atoms with Crippen molar-refractivity contribution in [3.63, 3.8) is 0 Å². The van der Waals surface area contributed by atoms with Gasteiger partial charge in [-0.25, -0.2) is 0 Å². The Balaban J connectivity index is 2.11. The highest BCUT2D eigenvalue weighted by Crippen LogP contribution is 2.34. The van der Waals surface area contributed by atoms with Crippen molar-refractivity contribution in [2.75, 3.05) is 7.11 Å². The molecule has 2 aromatic rings. The molecule has 1 atom stereocenters. The first-order valence-corrected chi connectivity index (χ1v) is 7.93. The minimum absolute atomic E-state index is 0.0111. The molecule has 0 radical (unpaired) electrons. The number of benzene rings is 1. The number of hydrogen-bond acceptors (Lipinski definition) is 3. The van der Waals surface area contributed by atoms with Gasteiger partial charge in [0.2, 0.25) is 0 Å². The smallest absolute Gasteiger partial charge is 0.190 e. The topological polar surface area (TPSA) is 55.1 Å². The van der Waals surface area contributed by atoms with E-state index in [0.717, 1.165) is 27.8 Å². The quantitative estimate of drug-likeness (QED) is 0.947. The molecule has 0 saturated heterocycles. The Kier molecular flexibility index (Phi) is 3.51. The normalized spacial score (nSPS) is 16.5. The van der Waals surface area contributed by atoms with Gasteiger partial charge in [-0.2, -0.15) is 0 Å². The summed E-state index contributed by atoms with van der Waals surface area (Å²) in [6.45, 7) is 2.78. The number of pyridine rings is 1. The molecule has 1 aromatic carbocycles. The van der Waals surface area contributed by atoms with Crippen molar-refractivity contribution in [3.05, 3.63) is 57.9 Å². The zero-order chi connectivity index (χ0) is 15.0. The maximum absolute atomic E-state index is 12.0. The van der Waals surface area contributed by atoms with Crippen LogP contribution in [0.4, 0.5) is 0 Å². The van der Waals surface area contributed by atoms with Gasteiger partial charge in [0.25, 0.3) is 0 Å². The highest BCUT2D eigenvalue weighted by molar-refractivity contribution is 7.96. The fraction of sp³-hybridized carbons (Fsp3) is 0.188. The monoisotopic (exact) mass is 300 g/mol. The Morgan fingerprint density at radius 3 is 2.57 bits per heavy atom. The van der Waals surface area contributed by atoms with Crippen molar-refractivity contribution in [1.29, 1.82) is 4.78 Å². The maximum Gasteiger partial charge on any atom is 0.190 e. The standard InChI is InChI=1S/C16H16N2O2S/c1-3-18-9-8-14(19)13-10-15(21(17)16(13)18)11-4-6-12(20-2)7-5-11/h4-10,17H,3H2,1-2H3. The Bertz CT molecular complexity index is 804. The summed E-state index contributed by atoms with van der Waals surface area (Å²) in [5, 5.41) is 0.816. The Morgan fingerprint density at radius 1 is 1.24 bits per heavy atom. The first-order chi connectivity index (χ1) is 10.2. The van der Waals surface area contributed by atoms with Crippen LogP contribution in [-0.2, 0) is 17.2 Å². The average Bonchev–Trinajstić information content (AvgIpc) is 2.87. The fourth-order valence-corrected chi connectivity index (χ4v) is 4.05. The van der Waals surface area contributed by atoms with E-state index in [9.17, 15) is 4.79 Å². The number of nitrogens with zero attached hydrogens (tertiary/aromatic N) is 1. The van der Waals surface area contributed by atoms with E-state index in [1.807, 2.05) is 41.8 Å². The largest absolute Gasteiger partial charge is 0.497 e. The molecule has 1 unspecified atom stereocenters. The van der Waals surface area contributed by atoms with Gasteiger partial charge >= 0.3 is 0 Å². The van der Waals surface area contributed by atoms with Gasteiger partial charge in [0, 0.05) is 23.7 Å². The van der Waals surface area contributed by atoms with Gasteiger partial charge in [-0.1, -0.05) is 12.1 Å². The summed E-state index contributed by atoms with van der Waals surface area (Å²) in [4.78, 5) is 12.9. The minimum Gasteiger partial charge on any atom is -0.497 e. The molecule has 0 spiro atoms. The maximum atomic E-state index is 12.0. The second-order valence-corrected chi connectivity index (χ2v) is 6.17. The zero-order valence-corrected chi connectivity index (χ0v) is 12.7. The number of methoxy groups -OCH3 is 1. The first kappa shape index (κ1) is 13.8. The molecular weight excluding hydrogens is 284 g/mol. The molecule has 1 aromatic heterocycles. The highest BCUT2D eigenvalue weighted by Gasteiger charge is 2.23. The van der Waals surface area contributed by atoms with Crippen molar-refractivity contribution in [2.24, 2.45) is 0 Å². The SMILES string of the molecule is CCn1ccc(=O)c2c1S(=N)C(c1ccc(OC)cc1)=C2. The lowest BCUT2D eigenvalue weighted by molar-refractivity contribution is 0.415. The Hall–Kier alpha value is -2.14. The third-order valence-electron chi connectivity index (χ3n) is 3.57. The lowest BCUT2D eigenvalue weighted by atomic mass is 10.1. The lowest BCUT2D eigenvalue weighted by Gasteiger charge is -2.12. The number of rotatable bonds is 3. The van der Waals surface area contributed by atoms with Gasteiger partial charge < -0.3 is 9.30 Å². The van der Waals surface area contributed by atoms with Gasteiger partial charge in [0.15, 0.2) is 5.43 Å². The lowest BCUT2D eigenvalue weighted by Crippen LogP contribution is -2.13. The molecule has 21 heavy (non-hydrogen) atoms. The average molecular weight is 300 g/mol. The van der Waals surface area contributed by atoms with Crippen LogP contribution in [0.3, 0.4) is 0 Å². The number of hydrogen-bond donors (Lipinski definition) is 1. The molecule has 1 N–H and O–H groups in total. The van der Waals surface area contributed by atoms with Crippen LogP contribution in [0.15, 0.2) is 46.3 Å². The Labute approximate surface area is 125 Å². The molecule has 2 heterocycles.